The van der Waals surface area contributed by atoms with E-state index >= 15 is 0 Å². The summed E-state index contributed by atoms with van der Waals surface area (Å²) in [6.07, 6.45) is 3.55. The number of rotatable bonds is 3. The normalized spacial score (nSPS) is 15.1. The fourth-order valence-corrected chi connectivity index (χ4v) is 3.96. The Kier molecular flexibility index (Phi) is 3.81. The number of aryl methyl sites for hydroxylation is 2. The number of fused-ring (bicyclic) bond motifs is 1. The van der Waals surface area contributed by atoms with Gasteiger partial charge in [-0.15, -0.1) is 0 Å². The van der Waals surface area contributed by atoms with Crippen LogP contribution in [0.3, 0.4) is 0 Å². The van der Waals surface area contributed by atoms with Crippen LogP contribution in [0.1, 0.15) is 23.1 Å². The van der Waals surface area contributed by atoms with Gasteiger partial charge < -0.3 is 5.73 Å². The Morgan fingerprint density at radius 2 is 1.90 bits per heavy atom. The number of hydrogen-bond acceptors (Lipinski definition) is 2. The fourth-order valence-electron chi connectivity index (χ4n) is 2.60. The van der Waals surface area contributed by atoms with Crippen LogP contribution in [0.25, 0.3) is 0 Å². The van der Waals surface area contributed by atoms with Crippen LogP contribution in [0.15, 0.2) is 41.3 Å². The molecule has 2 aromatic carbocycles. The van der Waals surface area contributed by atoms with Crippen LogP contribution >= 0.6 is 11.6 Å². The minimum absolute atomic E-state index is 0.463. The molecule has 1 unspecified atom stereocenters. The van der Waals surface area contributed by atoms with Gasteiger partial charge in [-0.2, -0.15) is 0 Å². The third-order valence-electron chi connectivity index (χ3n) is 3.70. The molecule has 0 aliphatic heterocycles. The van der Waals surface area contributed by atoms with Gasteiger partial charge in [0.25, 0.3) is 0 Å². The van der Waals surface area contributed by atoms with Crippen molar-refractivity contribution in [3.63, 3.8) is 0 Å². The maximum Gasteiger partial charge on any atom is 0.0647 e. The molecule has 0 saturated carbocycles. The second-order valence-electron chi connectivity index (χ2n) is 5.13. The lowest BCUT2D eigenvalue weighted by atomic mass is 10.1. The Morgan fingerprint density at radius 3 is 2.70 bits per heavy atom. The number of nitrogens with two attached hydrogens (primary N) is 1. The highest BCUT2D eigenvalue weighted by atomic mass is 35.5. The molecule has 104 valence electrons. The molecule has 1 aliphatic rings. The van der Waals surface area contributed by atoms with Gasteiger partial charge in [-0.1, -0.05) is 29.8 Å². The lowest BCUT2D eigenvalue weighted by Crippen LogP contribution is -1.98. The molecule has 20 heavy (non-hydrogen) atoms. The first kappa shape index (κ1) is 13.7. The summed E-state index contributed by atoms with van der Waals surface area (Å²) < 4.78 is 12.4. The first-order valence-corrected chi connectivity index (χ1v) is 8.37. The highest BCUT2D eigenvalue weighted by Gasteiger charge is 2.13. The van der Waals surface area contributed by atoms with Crippen molar-refractivity contribution >= 4 is 28.1 Å². The molecule has 0 radical (unpaired) electrons. The summed E-state index contributed by atoms with van der Waals surface area (Å²) in [7, 11) is -1.09. The maximum absolute atomic E-state index is 12.4. The van der Waals surface area contributed by atoms with Gasteiger partial charge in [-0.25, -0.2) is 0 Å². The molecule has 3 rings (SSSR count). The van der Waals surface area contributed by atoms with E-state index in [1.807, 2.05) is 0 Å². The predicted molar refractivity (Wildman–Crippen MR) is 84.4 cm³/mol. The summed E-state index contributed by atoms with van der Waals surface area (Å²) >= 11 is 5.98. The van der Waals surface area contributed by atoms with Gasteiger partial charge in [0, 0.05) is 4.90 Å². The minimum atomic E-state index is -1.09. The second kappa shape index (κ2) is 5.58. The molecule has 0 amide bonds. The first-order valence-electron chi connectivity index (χ1n) is 6.67. The molecule has 2 N–H and O–H groups in total. The van der Waals surface area contributed by atoms with E-state index < -0.39 is 10.8 Å². The summed E-state index contributed by atoms with van der Waals surface area (Å²) in [4.78, 5) is 0.727. The molecule has 2 aromatic rings. The topological polar surface area (TPSA) is 43.1 Å². The lowest BCUT2D eigenvalue weighted by Gasteiger charge is -2.07. The Bertz CT molecular complexity index is 684. The van der Waals surface area contributed by atoms with Gasteiger partial charge >= 0.3 is 0 Å². The van der Waals surface area contributed by atoms with Crippen LogP contribution in [0, 0.1) is 0 Å². The van der Waals surface area contributed by atoms with E-state index in [4.69, 9.17) is 17.3 Å². The SMILES string of the molecule is Nc1ccc(S(=O)Cc2ccc3c(c2)CCC3)cc1Cl. The van der Waals surface area contributed by atoms with E-state index in [9.17, 15) is 4.21 Å². The third-order valence-corrected chi connectivity index (χ3v) is 5.40. The van der Waals surface area contributed by atoms with Crippen molar-refractivity contribution in [2.45, 2.75) is 29.9 Å². The van der Waals surface area contributed by atoms with Crippen LogP contribution in [0.5, 0.6) is 0 Å². The number of halogens is 1. The van der Waals surface area contributed by atoms with Crippen LogP contribution < -0.4 is 5.73 Å². The quantitative estimate of drug-likeness (QED) is 0.878. The van der Waals surface area contributed by atoms with E-state index in [1.165, 1.54) is 24.0 Å². The Labute approximate surface area is 126 Å². The second-order valence-corrected chi connectivity index (χ2v) is 6.99. The Morgan fingerprint density at radius 1 is 1.10 bits per heavy atom. The summed E-state index contributed by atoms with van der Waals surface area (Å²) in [5, 5.41) is 0.463. The fraction of sp³-hybridized carbons (Fsp3) is 0.250. The average Bonchev–Trinajstić information content (AvgIpc) is 2.89. The molecule has 1 atom stereocenters. The molecule has 0 heterocycles. The van der Waals surface area contributed by atoms with Crippen molar-refractivity contribution in [2.75, 3.05) is 5.73 Å². The molecule has 0 saturated heterocycles. The number of benzene rings is 2. The highest BCUT2D eigenvalue weighted by molar-refractivity contribution is 7.84. The molecule has 0 bridgehead atoms. The third kappa shape index (κ3) is 2.74. The molecule has 0 aromatic heterocycles. The zero-order valence-electron chi connectivity index (χ0n) is 11.1. The zero-order valence-corrected chi connectivity index (χ0v) is 12.6. The Balaban J connectivity index is 1.80. The van der Waals surface area contributed by atoms with Gasteiger partial charge in [0.05, 0.1) is 27.3 Å². The maximum atomic E-state index is 12.4. The van der Waals surface area contributed by atoms with Gasteiger partial charge in [0.15, 0.2) is 0 Å². The Hall–Kier alpha value is -1.32. The standard InChI is InChI=1S/C16H16ClNOS/c17-15-9-14(6-7-16(15)18)20(19)10-11-4-5-12-2-1-3-13(12)8-11/h4-9H,1-3,10,18H2. The molecule has 0 spiro atoms. The molecule has 2 nitrogen and oxygen atoms in total. The van der Waals surface area contributed by atoms with Crippen molar-refractivity contribution in [2.24, 2.45) is 0 Å². The van der Waals surface area contributed by atoms with Gasteiger partial charge in [-0.05, 0) is 54.2 Å². The summed E-state index contributed by atoms with van der Waals surface area (Å²) in [6.45, 7) is 0. The summed E-state index contributed by atoms with van der Waals surface area (Å²) in [5.74, 6) is 0.521. The average molecular weight is 306 g/mol. The molecule has 1 aliphatic carbocycles. The highest BCUT2D eigenvalue weighted by Crippen LogP contribution is 2.26. The smallest absolute Gasteiger partial charge is 0.0647 e. The monoisotopic (exact) mass is 305 g/mol. The van der Waals surface area contributed by atoms with Crippen molar-refractivity contribution < 1.29 is 4.21 Å². The van der Waals surface area contributed by atoms with Crippen molar-refractivity contribution in [1.29, 1.82) is 0 Å². The van der Waals surface area contributed by atoms with Crippen molar-refractivity contribution in [1.82, 2.24) is 0 Å². The van der Waals surface area contributed by atoms with Gasteiger partial charge in [0.2, 0.25) is 0 Å². The number of hydrogen-bond donors (Lipinski definition) is 1. The molecule has 0 fully saturated rings. The van der Waals surface area contributed by atoms with E-state index in [0.29, 0.717) is 16.5 Å². The van der Waals surface area contributed by atoms with E-state index in [0.717, 1.165) is 16.9 Å². The van der Waals surface area contributed by atoms with Gasteiger partial charge in [0.1, 0.15) is 0 Å². The van der Waals surface area contributed by atoms with Gasteiger partial charge in [-0.3, -0.25) is 4.21 Å². The van der Waals surface area contributed by atoms with Crippen molar-refractivity contribution in [3.8, 4) is 0 Å². The summed E-state index contributed by atoms with van der Waals surface area (Å²) in [5.41, 5.74) is 10.2. The van der Waals surface area contributed by atoms with Crippen molar-refractivity contribution in [3.05, 3.63) is 58.1 Å². The minimum Gasteiger partial charge on any atom is -0.398 e. The van der Waals surface area contributed by atoms with E-state index in [1.54, 1.807) is 18.2 Å². The largest absolute Gasteiger partial charge is 0.398 e. The lowest BCUT2D eigenvalue weighted by molar-refractivity contribution is 0.682. The van der Waals surface area contributed by atoms with Crippen LogP contribution in [-0.4, -0.2) is 4.21 Å². The number of nitrogen functional groups attached to an aromatic ring is 1. The summed E-state index contributed by atoms with van der Waals surface area (Å²) in [6, 6.07) is 11.6. The van der Waals surface area contributed by atoms with Crippen LogP contribution in [0.2, 0.25) is 5.02 Å². The predicted octanol–water partition coefficient (Wildman–Crippen LogP) is 3.72. The molecular formula is C16H16ClNOS. The molecule has 4 heteroatoms. The van der Waals surface area contributed by atoms with E-state index in [-0.39, 0.29) is 0 Å². The zero-order chi connectivity index (χ0) is 14.1. The number of anilines is 1. The van der Waals surface area contributed by atoms with E-state index in [2.05, 4.69) is 18.2 Å². The van der Waals surface area contributed by atoms with Crippen LogP contribution in [0.4, 0.5) is 5.69 Å². The molecular weight excluding hydrogens is 290 g/mol. The van der Waals surface area contributed by atoms with Crippen LogP contribution in [-0.2, 0) is 29.4 Å². The first-order chi connectivity index (χ1) is 9.63.